The van der Waals surface area contributed by atoms with Crippen molar-refractivity contribution in [3.05, 3.63) is 127 Å². The molecule has 3 nitrogen and oxygen atoms in total. The molecule has 2 rings (SSSR count). The second kappa shape index (κ2) is 12.4. The number of benzene rings is 1. The molecule has 0 spiro atoms. The van der Waals surface area contributed by atoms with Crippen molar-refractivity contribution in [2.75, 3.05) is 6.54 Å². The number of carbonyl (C=O) groups is 2. The van der Waals surface area contributed by atoms with E-state index in [1.807, 2.05) is 0 Å². The first-order valence-corrected chi connectivity index (χ1v) is 10.9. The Bertz CT molecular complexity index is 1130. The lowest BCUT2D eigenvalue weighted by molar-refractivity contribution is -0.133. The van der Waals surface area contributed by atoms with E-state index in [-0.39, 0.29) is 46.9 Å². The van der Waals surface area contributed by atoms with Crippen LogP contribution in [0.4, 0.5) is 8.78 Å². The average Bonchev–Trinajstić information content (AvgIpc) is 2.81. The molecule has 0 aliphatic carbocycles. The number of halogens is 2. The van der Waals surface area contributed by atoms with Gasteiger partial charge >= 0.3 is 0 Å². The maximum atomic E-state index is 14.3. The number of Topliss-reactive ketones (excluding diaryl/α,β-unsaturated/α-hetero) is 1. The van der Waals surface area contributed by atoms with Crippen LogP contribution < -0.4 is 0 Å². The highest BCUT2D eigenvalue weighted by atomic mass is 19.1. The number of hydrogen-bond acceptors (Lipinski definition) is 2. The summed E-state index contributed by atoms with van der Waals surface area (Å²) in [4.78, 5) is 28.1. The molecular weight excluding hydrogens is 432 g/mol. The molecule has 0 aromatic heterocycles. The molecule has 34 heavy (non-hydrogen) atoms. The first kappa shape index (κ1) is 26.4. The summed E-state index contributed by atoms with van der Waals surface area (Å²) in [6.45, 7) is 16.0. The molecule has 176 valence electrons. The lowest BCUT2D eigenvalue weighted by atomic mass is 9.88. The van der Waals surface area contributed by atoms with E-state index in [1.54, 1.807) is 48.3 Å². The standard InChI is InChI=1S/C29H29F2NO2/c1-6-11-22(8-3)15-16-28(33)32-19-25(17-23(12-7-2)20(4)30)29(34)26(21(32)5)18-24-13-9-10-14-27(24)31/h6-14,17-18,21H,1-4,15-16,19H2,5H3/b22-11+,23-12-,25-17+,26-18+. The zero-order chi connectivity index (χ0) is 25.3. The Morgan fingerprint density at radius 3 is 2.41 bits per heavy atom. The molecule has 1 aliphatic rings. The number of likely N-dealkylation sites (tertiary alicyclic amines) is 1. The van der Waals surface area contributed by atoms with Crippen molar-refractivity contribution in [2.45, 2.75) is 25.8 Å². The van der Waals surface area contributed by atoms with Crippen LogP contribution in [-0.4, -0.2) is 29.2 Å². The predicted molar refractivity (Wildman–Crippen MR) is 135 cm³/mol. The molecule has 1 unspecified atom stereocenters. The number of hydrogen-bond donors (Lipinski definition) is 0. The zero-order valence-corrected chi connectivity index (χ0v) is 19.4. The normalized spacial score (nSPS) is 19.3. The minimum atomic E-state index is -0.735. The molecule has 1 amide bonds. The number of piperidine rings is 1. The van der Waals surface area contributed by atoms with E-state index in [4.69, 9.17) is 0 Å². The molecule has 0 radical (unpaired) electrons. The molecule has 1 aromatic carbocycles. The maximum absolute atomic E-state index is 14.3. The van der Waals surface area contributed by atoms with Gasteiger partial charge in [-0.25, -0.2) is 8.78 Å². The SMILES string of the molecule is C=C/C=C(\C=C)CCC(=O)N1C/C(=C\C(=C\C=C)C(=C)F)C(=O)/C(=C/c2ccccc2F)C1C. The Morgan fingerprint density at radius 1 is 1.15 bits per heavy atom. The molecule has 5 heteroatoms. The Labute approximate surface area is 200 Å². The van der Waals surface area contributed by atoms with Crippen molar-refractivity contribution in [1.82, 2.24) is 4.90 Å². The maximum Gasteiger partial charge on any atom is 0.223 e. The Hall–Kier alpha value is -3.86. The van der Waals surface area contributed by atoms with Gasteiger partial charge in [0.25, 0.3) is 0 Å². The van der Waals surface area contributed by atoms with Gasteiger partial charge in [0.05, 0.1) is 12.6 Å². The lowest BCUT2D eigenvalue weighted by Crippen LogP contribution is -2.47. The second-order valence-corrected chi connectivity index (χ2v) is 7.76. The first-order valence-electron chi connectivity index (χ1n) is 10.9. The predicted octanol–water partition coefficient (Wildman–Crippen LogP) is 6.61. The van der Waals surface area contributed by atoms with Crippen LogP contribution in [0.25, 0.3) is 6.08 Å². The average molecular weight is 462 g/mol. The highest BCUT2D eigenvalue weighted by molar-refractivity contribution is 6.14. The highest BCUT2D eigenvalue weighted by Crippen LogP contribution is 2.29. The van der Waals surface area contributed by atoms with Crippen molar-refractivity contribution in [3.63, 3.8) is 0 Å². The third-order valence-electron chi connectivity index (χ3n) is 5.51. The van der Waals surface area contributed by atoms with Crippen LogP contribution in [0.3, 0.4) is 0 Å². The molecule has 1 fully saturated rings. The molecule has 1 atom stereocenters. The van der Waals surface area contributed by atoms with Crippen LogP contribution in [-0.2, 0) is 9.59 Å². The van der Waals surface area contributed by atoms with E-state index in [1.165, 1.54) is 30.4 Å². The monoisotopic (exact) mass is 461 g/mol. The summed E-state index contributed by atoms with van der Waals surface area (Å²) in [7, 11) is 0. The zero-order valence-electron chi connectivity index (χ0n) is 19.4. The molecule has 1 saturated heterocycles. The minimum absolute atomic E-state index is 0.0101. The van der Waals surface area contributed by atoms with Crippen molar-refractivity contribution in [1.29, 1.82) is 0 Å². The summed E-state index contributed by atoms with van der Waals surface area (Å²) in [5.41, 5.74) is 1.60. The summed E-state index contributed by atoms with van der Waals surface area (Å²) in [5.74, 6) is -1.80. The van der Waals surface area contributed by atoms with Crippen LogP contribution in [0.1, 0.15) is 25.3 Å². The third-order valence-corrected chi connectivity index (χ3v) is 5.51. The van der Waals surface area contributed by atoms with Gasteiger partial charge in [-0.2, -0.15) is 0 Å². The van der Waals surface area contributed by atoms with E-state index in [9.17, 15) is 18.4 Å². The molecule has 1 aliphatic heterocycles. The van der Waals surface area contributed by atoms with Crippen LogP contribution in [0, 0.1) is 5.82 Å². The number of amides is 1. The summed E-state index contributed by atoms with van der Waals surface area (Å²) >= 11 is 0. The lowest BCUT2D eigenvalue weighted by Gasteiger charge is -2.36. The smallest absolute Gasteiger partial charge is 0.223 e. The van der Waals surface area contributed by atoms with Gasteiger partial charge in [0.2, 0.25) is 5.91 Å². The topological polar surface area (TPSA) is 37.4 Å². The van der Waals surface area contributed by atoms with Crippen molar-refractivity contribution in [2.24, 2.45) is 0 Å². The number of nitrogens with zero attached hydrogens (tertiary/aromatic N) is 1. The molecular formula is C29H29F2NO2. The fourth-order valence-corrected chi connectivity index (χ4v) is 3.63. The van der Waals surface area contributed by atoms with Crippen molar-refractivity contribution < 1.29 is 18.4 Å². The van der Waals surface area contributed by atoms with Crippen molar-refractivity contribution in [3.8, 4) is 0 Å². The van der Waals surface area contributed by atoms with Gasteiger partial charge in [-0.15, -0.1) is 0 Å². The van der Waals surface area contributed by atoms with E-state index in [2.05, 4.69) is 26.3 Å². The van der Waals surface area contributed by atoms with Gasteiger partial charge in [-0.3, -0.25) is 9.59 Å². The van der Waals surface area contributed by atoms with Crippen LogP contribution in [0.15, 0.2) is 115 Å². The number of carbonyl (C=O) groups excluding carboxylic acids is 2. The fraction of sp³-hybridized carbons (Fsp3) is 0.172. The summed E-state index contributed by atoms with van der Waals surface area (Å²) in [6, 6.07) is 5.46. The van der Waals surface area contributed by atoms with Gasteiger partial charge < -0.3 is 4.90 Å². The number of ketones is 1. The Morgan fingerprint density at radius 2 is 1.82 bits per heavy atom. The Balaban J connectivity index is 2.53. The van der Waals surface area contributed by atoms with Gasteiger partial charge in [0.1, 0.15) is 11.6 Å². The quantitative estimate of drug-likeness (QED) is 0.307. The van der Waals surface area contributed by atoms with Gasteiger partial charge in [-0.05, 0) is 37.1 Å². The molecule has 0 bridgehead atoms. The van der Waals surface area contributed by atoms with E-state index >= 15 is 0 Å². The summed E-state index contributed by atoms with van der Waals surface area (Å²) < 4.78 is 28.3. The third kappa shape index (κ3) is 6.58. The van der Waals surface area contributed by atoms with Gasteiger partial charge in [0, 0.05) is 28.7 Å². The first-order chi connectivity index (χ1) is 16.2. The highest BCUT2D eigenvalue weighted by Gasteiger charge is 2.35. The molecule has 1 aromatic rings. The summed E-state index contributed by atoms with van der Waals surface area (Å²) in [5, 5.41) is 0. The van der Waals surface area contributed by atoms with Gasteiger partial charge in [-0.1, -0.05) is 74.9 Å². The molecule has 0 saturated carbocycles. The van der Waals surface area contributed by atoms with Gasteiger partial charge in [0.15, 0.2) is 5.78 Å². The largest absolute Gasteiger partial charge is 0.331 e. The van der Waals surface area contributed by atoms with E-state index < -0.39 is 17.7 Å². The summed E-state index contributed by atoms with van der Waals surface area (Å²) in [6.07, 6.45) is 11.3. The minimum Gasteiger partial charge on any atom is -0.331 e. The second-order valence-electron chi connectivity index (χ2n) is 7.76. The number of allylic oxidation sites excluding steroid dienone is 9. The molecule has 1 heterocycles. The molecule has 0 N–H and O–H groups in total. The van der Waals surface area contributed by atoms with E-state index in [0.717, 1.165) is 5.57 Å². The fourth-order valence-electron chi connectivity index (χ4n) is 3.63. The van der Waals surface area contributed by atoms with Crippen LogP contribution in [0.2, 0.25) is 0 Å². The van der Waals surface area contributed by atoms with Crippen LogP contribution in [0.5, 0.6) is 0 Å². The van der Waals surface area contributed by atoms with E-state index in [0.29, 0.717) is 6.42 Å². The van der Waals surface area contributed by atoms with Crippen molar-refractivity contribution >= 4 is 17.8 Å². The number of rotatable bonds is 9. The van der Waals surface area contributed by atoms with Crippen LogP contribution >= 0.6 is 0 Å². The Kier molecular flexibility index (Phi) is 9.62.